The molecule has 1 aromatic heterocycles. The molecule has 3 N–H and O–H groups in total. The fourth-order valence-corrected chi connectivity index (χ4v) is 3.02. The predicted octanol–water partition coefficient (Wildman–Crippen LogP) is 1.82. The van der Waals surface area contributed by atoms with E-state index in [9.17, 15) is 22.8 Å². The SMILES string of the molecule is NC(CN(CC=O)C(=O)O)C1CCN(c2ccc(C(F)(F)F)cn2)CC1. The molecule has 0 spiro atoms. The highest BCUT2D eigenvalue weighted by Gasteiger charge is 2.31. The van der Waals surface area contributed by atoms with Crippen molar-refractivity contribution in [3.63, 3.8) is 0 Å². The largest absolute Gasteiger partial charge is 0.465 e. The molecule has 1 unspecified atom stereocenters. The molecule has 0 saturated carbocycles. The van der Waals surface area contributed by atoms with Crippen molar-refractivity contribution in [2.45, 2.75) is 25.1 Å². The van der Waals surface area contributed by atoms with Crippen molar-refractivity contribution >= 4 is 18.2 Å². The maximum Gasteiger partial charge on any atom is 0.417 e. The Morgan fingerprint density at radius 3 is 2.54 bits per heavy atom. The standard InChI is InChI=1S/C16H21F3N4O3/c17-16(18,19)12-1-2-14(21-9-12)22-5-3-11(4-6-22)13(20)10-23(7-8-24)15(25)26/h1-2,8-9,11,13H,3-7,10,20H2,(H,25,26). The molecule has 2 heterocycles. The highest BCUT2D eigenvalue weighted by atomic mass is 19.4. The lowest BCUT2D eigenvalue weighted by molar-refractivity contribution is -0.137. The zero-order valence-corrected chi connectivity index (χ0v) is 14.0. The highest BCUT2D eigenvalue weighted by molar-refractivity contribution is 5.69. The molecule has 0 radical (unpaired) electrons. The summed E-state index contributed by atoms with van der Waals surface area (Å²) in [4.78, 5) is 28.3. The van der Waals surface area contributed by atoms with Gasteiger partial charge >= 0.3 is 12.3 Å². The average molecular weight is 374 g/mol. The number of nitrogens with zero attached hydrogens (tertiary/aromatic N) is 3. The number of carboxylic acid groups (broad SMARTS) is 1. The van der Waals surface area contributed by atoms with Gasteiger partial charge in [-0.2, -0.15) is 13.2 Å². The zero-order valence-electron chi connectivity index (χ0n) is 14.0. The van der Waals surface area contributed by atoms with Crippen molar-refractivity contribution in [2.75, 3.05) is 31.1 Å². The minimum Gasteiger partial charge on any atom is -0.465 e. The Morgan fingerprint density at radius 1 is 1.42 bits per heavy atom. The normalized spacial score (nSPS) is 17.0. The molecule has 7 nitrogen and oxygen atoms in total. The third kappa shape index (κ3) is 5.07. The molecule has 1 aliphatic rings. The molecule has 1 fully saturated rings. The first kappa shape index (κ1) is 20.0. The van der Waals surface area contributed by atoms with Crippen molar-refractivity contribution in [3.05, 3.63) is 23.9 Å². The quantitative estimate of drug-likeness (QED) is 0.737. The fourth-order valence-electron chi connectivity index (χ4n) is 3.02. The number of anilines is 1. The molecule has 1 atom stereocenters. The van der Waals surface area contributed by atoms with E-state index >= 15 is 0 Å². The van der Waals surface area contributed by atoms with E-state index in [0.29, 0.717) is 38.0 Å². The van der Waals surface area contributed by atoms with Crippen LogP contribution < -0.4 is 10.6 Å². The van der Waals surface area contributed by atoms with Gasteiger partial charge in [0.05, 0.1) is 12.1 Å². The van der Waals surface area contributed by atoms with Crippen molar-refractivity contribution in [2.24, 2.45) is 11.7 Å². The molecule has 0 bridgehead atoms. The average Bonchev–Trinajstić information content (AvgIpc) is 2.60. The summed E-state index contributed by atoms with van der Waals surface area (Å²) in [6.07, 6.45) is -2.95. The second-order valence-electron chi connectivity index (χ2n) is 6.25. The summed E-state index contributed by atoms with van der Waals surface area (Å²) < 4.78 is 37.7. The number of pyridine rings is 1. The Hall–Kier alpha value is -2.36. The summed E-state index contributed by atoms with van der Waals surface area (Å²) in [5.41, 5.74) is 5.30. The zero-order chi connectivity index (χ0) is 19.3. The van der Waals surface area contributed by atoms with Crippen LogP contribution in [0.25, 0.3) is 0 Å². The van der Waals surface area contributed by atoms with Gasteiger partial charge in [0.25, 0.3) is 0 Å². The third-order valence-electron chi connectivity index (χ3n) is 4.54. The molecule has 2 rings (SSSR count). The summed E-state index contributed by atoms with van der Waals surface area (Å²) in [6.45, 7) is 0.976. The first-order valence-electron chi connectivity index (χ1n) is 8.17. The van der Waals surface area contributed by atoms with E-state index in [2.05, 4.69) is 4.98 Å². The Balaban J connectivity index is 1.90. The second-order valence-corrected chi connectivity index (χ2v) is 6.25. The van der Waals surface area contributed by atoms with Crippen molar-refractivity contribution in [1.29, 1.82) is 0 Å². The van der Waals surface area contributed by atoms with E-state index in [1.807, 2.05) is 4.90 Å². The van der Waals surface area contributed by atoms with Crippen LogP contribution in [-0.4, -0.2) is 59.6 Å². The maximum atomic E-state index is 12.6. The van der Waals surface area contributed by atoms with Crippen molar-refractivity contribution in [3.8, 4) is 0 Å². The van der Waals surface area contributed by atoms with E-state index in [0.717, 1.165) is 17.2 Å². The van der Waals surface area contributed by atoms with Gasteiger partial charge < -0.3 is 20.5 Å². The summed E-state index contributed by atoms with van der Waals surface area (Å²) in [7, 11) is 0. The van der Waals surface area contributed by atoms with Gasteiger partial charge in [0.2, 0.25) is 0 Å². The maximum absolute atomic E-state index is 12.6. The number of aromatic nitrogens is 1. The van der Waals surface area contributed by atoms with Crippen LogP contribution in [-0.2, 0) is 11.0 Å². The fraction of sp³-hybridized carbons (Fsp3) is 0.562. The Labute approximate surface area is 148 Å². The van der Waals surface area contributed by atoms with Gasteiger partial charge in [0.1, 0.15) is 12.1 Å². The molecule has 144 valence electrons. The minimum absolute atomic E-state index is 0.0641. The minimum atomic E-state index is -4.41. The summed E-state index contributed by atoms with van der Waals surface area (Å²) in [5, 5.41) is 9.04. The molecule has 0 aliphatic carbocycles. The number of hydrogen-bond acceptors (Lipinski definition) is 5. The van der Waals surface area contributed by atoms with Gasteiger partial charge in [0.15, 0.2) is 0 Å². The van der Waals surface area contributed by atoms with E-state index in [1.54, 1.807) is 0 Å². The molecule has 1 amide bonds. The van der Waals surface area contributed by atoms with Gasteiger partial charge in [0, 0.05) is 31.9 Å². The van der Waals surface area contributed by atoms with Crippen LogP contribution in [0.4, 0.5) is 23.8 Å². The first-order chi connectivity index (χ1) is 12.2. The number of aldehydes is 1. The van der Waals surface area contributed by atoms with Crippen LogP contribution in [0.1, 0.15) is 18.4 Å². The number of rotatable bonds is 6. The monoisotopic (exact) mass is 374 g/mol. The van der Waals surface area contributed by atoms with E-state index in [-0.39, 0.29) is 19.0 Å². The first-order valence-corrected chi connectivity index (χ1v) is 8.17. The van der Waals surface area contributed by atoms with Crippen molar-refractivity contribution in [1.82, 2.24) is 9.88 Å². The Bertz CT molecular complexity index is 616. The highest BCUT2D eigenvalue weighted by Crippen LogP contribution is 2.30. The van der Waals surface area contributed by atoms with Crippen LogP contribution in [0.2, 0.25) is 0 Å². The number of hydrogen-bond donors (Lipinski definition) is 2. The predicted molar refractivity (Wildman–Crippen MR) is 87.8 cm³/mol. The second kappa shape index (κ2) is 8.35. The van der Waals surface area contributed by atoms with E-state index < -0.39 is 23.9 Å². The van der Waals surface area contributed by atoms with Crippen LogP contribution in [0.3, 0.4) is 0 Å². The number of amides is 1. The molecule has 10 heteroatoms. The lowest BCUT2D eigenvalue weighted by atomic mass is 9.89. The molecule has 1 saturated heterocycles. The smallest absolute Gasteiger partial charge is 0.417 e. The van der Waals surface area contributed by atoms with Gasteiger partial charge in [-0.25, -0.2) is 9.78 Å². The van der Waals surface area contributed by atoms with E-state index in [4.69, 9.17) is 10.8 Å². The molecule has 26 heavy (non-hydrogen) atoms. The number of carbonyl (C=O) groups excluding carboxylic acids is 1. The Morgan fingerprint density at radius 2 is 2.08 bits per heavy atom. The molecule has 0 aromatic carbocycles. The summed E-state index contributed by atoms with van der Waals surface area (Å²) >= 11 is 0. The number of piperidine rings is 1. The van der Waals surface area contributed by atoms with Crippen LogP contribution in [0.15, 0.2) is 18.3 Å². The topological polar surface area (TPSA) is 99.8 Å². The molecule has 1 aliphatic heterocycles. The van der Waals surface area contributed by atoms with Crippen molar-refractivity contribution < 1.29 is 27.9 Å². The summed E-state index contributed by atoms with van der Waals surface area (Å²) in [6, 6.07) is 1.94. The number of nitrogens with two attached hydrogens (primary N) is 1. The lowest BCUT2D eigenvalue weighted by Gasteiger charge is -2.36. The number of carbonyl (C=O) groups is 2. The number of halogens is 3. The third-order valence-corrected chi connectivity index (χ3v) is 4.54. The van der Waals surface area contributed by atoms with Gasteiger partial charge in [-0.05, 0) is 30.9 Å². The number of alkyl halides is 3. The van der Waals surface area contributed by atoms with Crippen LogP contribution in [0, 0.1) is 5.92 Å². The molecular weight excluding hydrogens is 353 g/mol. The lowest BCUT2D eigenvalue weighted by Crippen LogP contribution is -2.48. The van der Waals surface area contributed by atoms with Gasteiger partial charge in [-0.3, -0.25) is 4.90 Å². The van der Waals surface area contributed by atoms with Crippen LogP contribution in [0.5, 0.6) is 0 Å². The van der Waals surface area contributed by atoms with Gasteiger partial charge in [-0.15, -0.1) is 0 Å². The van der Waals surface area contributed by atoms with E-state index in [1.165, 1.54) is 6.07 Å². The van der Waals surface area contributed by atoms with Crippen LogP contribution >= 0.6 is 0 Å². The molecular formula is C16H21F3N4O3. The molecule has 1 aromatic rings. The summed E-state index contributed by atoms with van der Waals surface area (Å²) in [5.74, 6) is 0.535. The Kier molecular flexibility index (Phi) is 6.41. The van der Waals surface area contributed by atoms with Gasteiger partial charge in [-0.1, -0.05) is 0 Å².